The van der Waals surface area contributed by atoms with Crippen molar-refractivity contribution in [1.29, 1.82) is 0 Å². The monoisotopic (exact) mass is 499 g/mol. The molecule has 0 aliphatic carbocycles. The summed E-state index contributed by atoms with van der Waals surface area (Å²) < 4.78 is 6.77. The molecule has 4 nitrogen and oxygen atoms in total. The second-order valence-corrected chi connectivity index (χ2v) is 15.3. The molecule has 0 unspecified atom stereocenters. The molecule has 0 amide bonds. The average Bonchev–Trinajstić information content (AvgIpc) is 2.80. The molecular formula is C29H65N3OSi. The average molecular weight is 500 g/mol. The van der Waals surface area contributed by atoms with Crippen LogP contribution in [0.3, 0.4) is 0 Å². The summed E-state index contributed by atoms with van der Waals surface area (Å²) in [5.41, 5.74) is 0.270. The molecule has 5 heteroatoms. The van der Waals surface area contributed by atoms with Gasteiger partial charge in [0.25, 0.3) is 0 Å². The van der Waals surface area contributed by atoms with Gasteiger partial charge in [-0.3, -0.25) is 0 Å². The summed E-state index contributed by atoms with van der Waals surface area (Å²) in [6.45, 7) is 33.0. The standard InChI is InChI=1S/C29H65N3OSi/c1-10-19-30(20-11-2)25-29(26-31(21-12-3)22-13-4,27-32(23-14-5)24-15-6)28-34(17-8,18-9)33-16-7/h10-28H2,1-9H3. The van der Waals surface area contributed by atoms with E-state index in [4.69, 9.17) is 4.43 Å². The SMILES string of the molecule is CCCN(CCC)CC(CN(CCC)CCC)(CN(CCC)CCC)C[Si](CC)(CC)OCC. The molecule has 0 saturated carbocycles. The zero-order valence-electron chi connectivity index (χ0n) is 25.2. The molecule has 0 radical (unpaired) electrons. The highest BCUT2D eigenvalue weighted by molar-refractivity contribution is 6.73. The molecule has 0 saturated heterocycles. The highest BCUT2D eigenvalue weighted by Crippen LogP contribution is 2.38. The maximum atomic E-state index is 6.77. The fourth-order valence-electron chi connectivity index (χ4n) is 6.19. The quantitative estimate of drug-likeness (QED) is 0.129. The summed E-state index contributed by atoms with van der Waals surface area (Å²) in [5, 5.41) is 0. The van der Waals surface area contributed by atoms with E-state index >= 15 is 0 Å². The van der Waals surface area contributed by atoms with Gasteiger partial charge < -0.3 is 19.1 Å². The largest absolute Gasteiger partial charge is 0.417 e. The van der Waals surface area contributed by atoms with Crippen molar-refractivity contribution < 1.29 is 4.43 Å². The van der Waals surface area contributed by atoms with Crippen molar-refractivity contribution >= 4 is 8.32 Å². The first-order valence-electron chi connectivity index (χ1n) is 15.2. The molecule has 0 spiro atoms. The Morgan fingerprint density at radius 3 is 1.00 bits per heavy atom. The van der Waals surface area contributed by atoms with Gasteiger partial charge in [-0.05, 0) is 103 Å². The maximum absolute atomic E-state index is 6.77. The van der Waals surface area contributed by atoms with Crippen molar-refractivity contribution in [2.75, 3.05) is 65.5 Å². The lowest BCUT2D eigenvalue weighted by Crippen LogP contribution is -2.57. The molecule has 0 N–H and O–H groups in total. The van der Waals surface area contributed by atoms with Gasteiger partial charge in [-0.2, -0.15) is 0 Å². The van der Waals surface area contributed by atoms with E-state index < -0.39 is 8.32 Å². The summed E-state index contributed by atoms with van der Waals surface area (Å²) in [6.07, 6.45) is 7.46. The van der Waals surface area contributed by atoms with Crippen molar-refractivity contribution in [1.82, 2.24) is 14.7 Å². The maximum Gasteiger partial charge on any atom is 0.192 e. The molecular weight excluding hydrogens is 434 g/mol. The van der Waals surface area contributed by atoms with Gasteiger partial charge in [-0.15, -0.1) is 0 Å². The molecule has 0 aliphatic rings. The van der Waals surface area contributed by atoms with Crippen molar-refractivity contribution in [2.24, 2.45) is 5.41 Å². The Morgan fingerprint density at radius 1 is 0.500 bits per heavy atom. The van der Waals surface area contributed by atoms with Crippen LogP contribution in [-0.4, -0.2) is 88.5 Å². The molecule has 0 aromatic rings. The Morgan fingerprint density at radius 2 is 0.794 bits per heavy atom. The van der Waals surface area contributed by atoms with Crippen LogP contribution < -0.4 is 0 Å². The fraction of sp³-hybridized carbons (Fsp3) is 1.00. The number of hydrogen-bond donors (Lipinski definition) is 0. The first kappa shape index (κ1) is 34.1. The van der Waals surface area contributed by atoms with Crippen LogP contribution in [0, 0.1) is 5.41 Å². The van der Waals surface area contributed by atoms with Gasteiger partial charge in [-0.1, -0.05) is 55.4 Å². The predicted molar refractivity (Wildman–Crippen MR) is 157 cm³/mol. The topological polar surface area (TPSA) is 19.0 Å². The van der Waals surface area contributed by atoms with Gasteiger partial charge in [0.05, 0.1) is 0 Å². The molecule has 0 aromatic carbocycles. The Kier molecular flexibility index (Phi) is 20.2. The van der Waals surface area contributed by atoms with Crippen molar-refractivity contribution in [3.8, 4) is 0 Å². The molecule has 0 atom stereocenters. The third kappa shape index (κ3) is 12.8. The third-order valence-corrected chi connectivity index (χ3v) is 12.2. The van der Waals surface area contributed by atoms with E-state index in [1.165, 1.54) is 116 Å². The molecule has 34 heavy (non-hydrogen) atoms. The van der Waals surface area contributed by atoms with Crippen LogP contribution in [0.2, 0.25) is 18.1 Å². The lowest BCUT2D eigenvalue weighted by atomic mass is 9.86. The van der Waals surface area contributed by atoms with Crippen molar-refractivity contribution in [3.05, 3.63) is 0 Å². The van der Waals surface area contributed by atoms with Crippen molar-refractivity contribution in [2.45, 2.75) is 119 Å². The van der Waals surface area contributed by atoms with Gasteiger partial charge in [0, 0.05) is 31.7 Å². The predicted octanol–water partition coefficient (Wildman–Crippen LogP) is 7.36. The minimum atomic E-state index is -1.80. The van der Waals surface area contributed by atoms with Crippen LogP contribution in [0.4, 0.5) is 0 Å². The first-order chi connectivity index (χ1) is 16.4. The van der Waals surface area contributed by atoms with Gasteiger partial charge in [-0.25, -0.2) is 0 Å². The minimum absolute atomic E-state index is 0.270. The summed E-state index contributed by atoms with van der Waals surface area (Å²) in [7, 11) is -1.80. The summed E-state index contributed by atoms with van der Waals surface area (Å²) >= 11 is 0. The van der Waals surface area contributed by atoms with E-state index in [1.54, 1.807) is 0 Å². The molecule has 0 aliphatic heterocycles. The first-order valence-corrected chi connectivity index (χ1v) is 17.7. The number of nitrogens with zero attached hydrogens (tertiary/aromatic N) is 3. The Bertz CT molecular complexity index is 395. The van der Waals surface area contributed by atoms with E-state index in [0.29, 0.717) is 0 Å². The third-order valence-electron chi connectivity index (χ3n) is 7.35. The summed E-state index contributed by atoms with van der Waals surface area (Å²) in [5.74, 6) is 0. The van der Waals surface area contributed by atoms with E-state index in [2.05, 4.69) is 77.0 Å². The van der Waals surface area contributed by atoms with Crippen LogP contribution in [0.25, 0.3) is 0 Å². The molecule has 0 rings (SSSR count). The minimum Gasteiger partial charge on any atom is -0.417 e. The van der Waals surface area contributed by atoms with Crippen molar-refractivity contribution in [3.63, 3.8) is 0 Å². The van der Waals surface area contributed by atoms with Crippen LogP contribution in [0.1, 0.15) is 101 Å². The van der Waals surface area contributed by atoms with E-state index in [-0.39, 0.29) is 5.41 Å². The Balaban J connectivity index is 6.54. The van der Waals surface area contributed by atoms with Crippen LogP contribution >= 0.6 is 0 Å². The van der Waals surface area contributed by atoms with E-state index in [1.807, 2.05) is 0 Å². The normalized spacial score (nSPS) is 13.1. The van der Waals surface area contributed by atoms with Crippen LogP contribution in [0.5, 0.6) is 0 Å². The Hall–Kier alpha value is 0.0569. The second-order valence-electron chi connectivity index (χ2n) is 10.8. The van der Waals surface area contributed by atoms with Crippen LogP contribution in [0.15, 0.2) is 0 Å². The van der Waals surface area contributed by atoms with Crippen LogP contribution in [-0.2, 0) is 4.43 Å². The highest BCUT2D eigenvalue weighted by Gasteiger charge is 2.44. The molecule has 206 valence electrons. The molecule has 0 heterocycles. The lowest BCUT2D eigenvalue weighted by molar-refractivity contribution is 0.0609. The fourth-order valence-corrected chi connectivity index (χ4v) is 10.0. The van der Waals surface area contributed by atoms with E-state index in [0.717, 1.165) is 6.61 Å². The van der Waals surface area contributed by atoms with Gasteiger partial charge >= 0.3 is 0 Å². The molecule has 0 fully saturated rings. The summed E-state index contributed by atoms with van der Waals surface area (Å²) in [6, 6.07) is 3.78. The zero-order valence-corrected chi connectivity index (χ0v) is 26.2. The zero-order chi connectivity index (χ0) is 25.9. The highest BCUT2D eigenvalue weighted by atomic mass is 28.4. The van der Waals surface area contributed by atoms with Gasteiger partial charge in [0.1, 0.15) is 0 Å². The Labute approximate surface area is 217 Å². The van der Waals surface area contributed by atoms with E-state index in [9.17, 15) is 0 Å². The van der Waals surface area contributed by atoms with Gasteiger partial charge in [0.2, 0.25) is 0 Å². The number of hydrogen-bond acceptors (Lipinski definition) is 4. The smallest absolute Gasteiger partial charge is 0.192 e. The number of rotatable bonds is 24. The molecule has 0 bridgehead atoms. The second kappa shape index (κ2) is 20.2. The lowest BCUT2D eigenvalue weighted by Gasteiger charge is -2.48. The molecule has 0 aromatic heterocycles. The summed E-state index contributed by atoms with van der Waals surface area (Å²) in [4.78, 5) is 8.42. The van der Waals surface area contributed by atoms with Gasteiger partial charge in [0.15, 0.2) is 8.32 Å².